The van der Waals surface area contributed by atoms with Crippen molar-refractivity contribution in [3.8, 4) is 22.6 Å². The molecule has 2 bridgehead atoms. The molecule has 1 unspecified atom stereocenters. The normalized spacial score (nSPS) is 25.9. The molecule has 0 saturated carbocycles. The first-order valence-corrected chi connectivity index (χ1v) is 13.4. The molecule has 3 saturated heterocycles. The van der Waals surface area contributed by atoms with Gasteiger partial charge in [-0.25, -0.2) is 4.79 Å². The number of amides is 1. The summed E-state index contributed by atoms with van der Waals surface area (Å²) >= 11 is 0. The lowest BCUT2D eigenvalue weighted by molar-refractivity contribution is -0.0349. The van der Waals surface area contributed by atoms with Crippen molar-refractivity contribution in [3.63, 3.8) is 0 Å². The van der Waals surface area contributed by atoms with Crippen LogP contribution in [-0.4, -0.2) is 50.4 Å². The molecule has 2 atom stereocenters. The minimum atomic E-state index is -0.308. The lowest BCUT2D eigenvalue weighted by Gasteiger charge is -2.44. The van der Waals surface area contributed by atoms with Crippen LogP contribution in [0.5, 0.6) is 11.5 Å². The number of carbonyl (C=O) groups excluding carboxylic acids is 1. The van der Waals surface area contributed by atoms with Crippen molar-refractivity contribution in [1.82, 2.24) is 10.2 Å². The Morgan fingerprint density at radius 2 is 1.94 bits per heavy atom. The number of nitrogens with zero attached hydrogens (tertiary/aromatic N) is 1. The summed E-state index contributed by atoms with van der Waals surface area (Å²) < 4.78 is 17.8. The Kier molecular flexibility index (Phi) is 6.90. The first kappa shape index (κ1) is 24.9. The van der Waals surface area contributed by atoms with Gasteiger partial charge >= 0.3 is 6.09 Å². The van der Waals surface area contributed by atoms with Gasteiger partial charge in [-0.15, -0.1) is 0 Å². The van der Waals surface area contributed by atoms with Crippen LogP contribution < -0.4 is 14.8 Å². The molecule has 1 N–H and O–H groups in total. The number of methoxy groups -OCH3 is 1. The zero-order chi connectivity index (χ0) is 25.4. The van der Waals surface area contributed by atoms with Crippen LogP contribution in [0.3, 0.4) is 0 Å². The van der Waals surface area contributed by atoms with Gasteiger partial charge in [0.15, 0.2) is 0 Å². The number of fused-ring (bicyclic) bond motifs is 4. The predicted octanol–water partition coefficient (Wildman–Crippen LogP) is 5.84. The summed E-state index contributed by atoms with van der Waals surface area (Å²) in [6.07, 6.45) is 2.81. The number of benzene rings is 2. The highest BCUT2D eigenvalue weighted by Gasteiger charge is 2.42. The fourth-order valence-electron chi connectivity index (χ4n) is 6.09. The molecule has 2 aromatic rings. The van der Waals surface area contributed by atoms with Crippen molar-refractivity contribution in [3.05, 3.63) is 47.5 Å². The van der Waals surface area contributed by atoms with Crippen LogP contribution in [0, 0.1) is 17.3 Å². The van der Waals surface area contributed by atoms with Crippen molar-refractivity contribution in [1.29, 1.82) is 0 Å². The third-order valence-corrected chi connectivity index (χ3v) is 8.05. The number of ether oxygens (including phenoxy) is 3. The van der Waals surface area contributed by atoms with E-state index in [1.165, 1.54) is 5.56 Å². The predicted molar refractivity (Wildman–Crippen MR) is 142 cm³/mol. The van der Waals surface area contributed by atoms with Crippen LogP contribution >= 0.6 is 0 Å². The lowest BCUT2D eigenvalue weighted by Crippen LogP contribution is -2.53. The summed E-state index contributed by atoms with van der Waals surface area (Å²) in [5, 5.41) is 3.22. The first-order chi connectivity index (χ1) is 17.2. The third-order valence-electron chi connectivity index (χ3n) is 8.05. The maximum Gasteiger partial charge on any atom is 0.407 e. The van der Waals surface area contributed by atoms with Crippen molar-refractivity contribution in [2.24, 2.45) is 17.3 Å². The van der Waals surface area contributed by atoms with Crippen molar-refractivity contribution >= 4 is 6.09 Å². The maximum absolute atomic E-state index is 13.0. The van der Waals surface area contributed by atoms with Gasteiger partial charge in [-0.05, 0) is 90.6 Å². The fourth-order valence-corrected chi connectivity index (χ4v) is 6.09. The second kappa shape index (κ2) is 9.97. The third kappa shape index (κ3) is 5.06. The Labute approximate surface area is 215 Å². The molecule has 194 valence electrons. The van der Waals surface area contributed by atoms with E-state index >= 15 is 0 Å². The van der Waals surface area contributed by atoms with E-state index in [-0.39, 0.29) is 23.7 Å². The molecule has 1 amide bonds. The monoisotopic (exact) mass is 492 g/mol. The number of alkyl carbamates (subject to hydrolysis) is 1. The Morgan fingerprint density at radius 3 is 2.61 bits per heavy atom. The van der Waals surface area contributed by atoms with Gasteiger partial charge in [-0.1, -0.05) is 39.8 Å². The zero-order valence-electron chi connectivity index (χ0n) is 22.3. The molecule has 0 spiro atoms. The zero-order valence-corrected chi connectivity index (χ0v) is 22.3. The van der Waals surface area contributed by atoms with E-state index in [9.17, 15) is 4.79 Å². The minimum Gasteiger partial charge on any atom is -0.496 e. The standard InChI is InChI=1S/C30H40N2O4/c1-19(2)18-35-23-8-6-7-21(13-23)24-14-22-16-30(3,4)28(25(22)15-26(24)34-5)31-29(33)36-27-17-32-11-9-20(27)10-12-32/h6-8,13-15,19-20,27-28H,9-12,16-18H2,1-5H3,(H,31,33)/t27-,28?/m1/s1. The second-order valence-corrected chi connectivity index (χ2v) is 11.8. The van der Waals surface area contributed by atoms with Gasteiger partial charge in [0.2, 0.25) is 0 Å². The van der Waals surface area contributed by atoms with Crippen molar-refractivity contribution in [2.75, 3.05) is 33.4 Å². The molecular formula is C30H40N2O4. The minimum absolute atomic E-state index is 0.00131. The van der Waals surface area contributed by atoms with Crippen LogP contribution in [0.4, 0.5) is 4.79 Å². The topological polar surface area (TPSA) is 60.0 Å². The Bertz CT molecular complexity index is 1100. The summed E-state index contributed by atoms with van der Waals surface area (Å²) in [7, 11) is 1.70. The quantitative estimate of drug-likeness (QED) is 0.526. The molecule has 6 heteroatoms. The van der Waals surface area contributed by atoms with Crippen molar-refractivity contribution in [2.45, 2.75) is 59.1 Å². The van der Waals surface area contributed by atoms with E-state index in [4.69, 9.17) is 14.2 Å². The Morgan fingerprint density at radius 1 is 1.17 bits per heavy atom. The van der Waals surface area contributed by atoms with Gasteiger partial charge in [0.25, 0.3) is 0 Å². The van der Waals surface area contributed by atoms with Gasteiger partial charge in [0.1, 0.15) is 17.6 Å². The first-order valence-electron chi connectivity index (χ1n) is 13.4. The molecule has 6 rings (SSSR count). The molecule has 0 radical (unpaired) electrons. The fraction of sp³-hybridized carbons (Fsp3) is 0.567. The van der Waals surface area contributed by atoms with E-state index in [0.29, 0.717) is 18.4 Å². The second-order valence-electron chi connectivity index (χ2n) is 11.8. The molecular weight excluding hydrogens is 452 g/mol. The van der Waals surface area contributed by atoms with Gasteiger partial charge < -0.3 is 19.5 Å². The number of rotatable bonds is 7. The Balaban J connectivity index is 1.37. The van der Waals surface area contributed by atoms with Crippen LogP contribution in [0.25, 0.3) is 11.1 Å². The average molecular weight is 493 g/mol. The highest BCUT2D eigenvalue weighted by molar-refractivity contribution is 5.75. The lowest BCUT2D eigenvalue weighted by atomic mass is 9.85. The molecule has 4 aliphatic rings. The van der Waals surface area contributed by atoms with Crippen molar-refractivity contribution < 1.29 is 19.0 Å². The molecule has 6 nitrogen and oxygen atoms in total. The molecule has 3 fully saturated rings. The van der Waals surface area contributed by atoms with E-state index in [0.717, 1.165) is 67.1 Å². The van der Waals surface area contributed by atoms with Gasteiger partial charge in [-0.2, -0.15) is 0 Å². The number of hydrogen-bond donors (Lipinski definition) is 1. The molecule has 3 aliphatic heterocycles. The number of carbonyl (C=O) groups is 1. The van der Waals surface area contributed by atoms with Crippen LogP contribution in [-0.2, 0) is 11.2 Å². The number of piperidine rings is 3. The van der Waals surface area contributed by atoms with E-state index in [2.05, 4.69) is 62.2 Å². The van der Waals surface area contributed by atoms with E-state index in [1.54, 1.807) is 7.11 Å². The van der Waals surface area contributed by atoms with Gasteiger partial charge in [0.05, 0.1) is 19.8 Å². The van der Waals surface area contributed by atoms with Crippen LogP contribution in [0.15, 0.2) is 36.4 Å². The summed E-state index contributed by atoms with van der Waals surface area (Å²) in [5.41, 5.74) is 4.31. The molecule has 3 heterocycles. The molecule has 1 aliphatic carbocycles. The average Bonchev–Trinajstić information content (AvgIpc) is 3.11. The maximum atomic E-state index is 13.0. The highest BCUT2D eigenvalue weighted by Crippen LogP contribution is 2.49. The van der Waals surface area contributed by atoms with E-state index < -0.39 is 0 Å². The number of nitrogens with one attached hydrogen (secondary N) is 1. The van der Waals surface area contributed by atoms with Crippen LogP contribution in [0.2, 0.25) is 0 Å². The summed E-state index contributed by atoms with van der Waals surface area (Å²) in [6, 6.07) is 12.4. The van der Waals surface area contributed by atoms with Crippen LogP contribution in [0.1, 0.15) is 57.7 Å². The van der Waals surface area contributed by atoms with Gasteiger partial charge in [0, 0.05) is 12.1 Å². The Hall–Kier alpha value is -2.73. The molecule has 2 aromatic carbocycles. The summed E-state index contributed by atoms with van der Waals surface area (Å²) in [5.74, 6) is 2.61. The smallest absolute Gasteiger partial charge is 0.407 e. The summed E-state index contributed by atoms with van der Waals surface area (Å²) in [4.78, 5) is 15.4. The van der Waals surface area contributed by atoms with Gasteiger partial charge in [-0.3, -0.25) is 4.90 Å². The molecule has 0 aromatic heterocycles. The van der Waals surface area contributed by atoms with E-state index in [1.807, 2.05) is 12.1 Å². The number of hydrogen-bond acceptors (Lipinski definition) is 5. The largest absolute Gasteiger partial charge is 0.496 e. The SMILES string of the molecule is COc1cc2c(cc1-c1cccc(OCC(C)C)c1)CC(C)(C)C2NC(=O)O[C@@H]1CN2CCC1CC2. The highest BCUT2D eigenvalue weighted by atomic mass is 16.6. The molecule has 36 heavy (non-hydrogen) atoms. The summed E-state index contributed by atoms with van der Waals surface area (Å²) in [6.45, 7) is 12.5.